The first-order valence-corrected chi connectivity index (χ1v) is 5.20. The van der Waals surface area contributed by atoms with E-state index in [1.165, 1.54) is 0 Å². The zero-order valence-corrected chi connectivity index (χ0v) is 9.33. The maximum absolute atomic E-state index is 10.5. The van der Waals surface area contributed by atoms with Gasteiger partial charge in [-0.1, -0.05) is 0 Å². The highest BCUT2D eigenvalue weighted by Crippen LogP contribution is 2.17. The lowest BCUT2D eigenvalue weighted by Crippen LogP contribution is -1.97. The molecule has 2 rings (SSSR count). The molecule has 0 saturated carbocycles. The molecular formula is C12H11N3O2. The van der Waals surface area contributed by atoms with Gasteiger partial charge in [0, 0.05) is 11.8 Å². The second-order valence-electron chi connectivity index (χ2n) is 3.27. The van der Waals surface area contributed by atoms with Gasteiger partial charge >= 0.3 is 0 Å². The maximum atomic E-state index is 10.5. The van der Waals surface area contributed by atoms with Crippen LogP contribution in [0.4, 0.5) is 0 Å². The third-order valence-corrected chi connectivity index (χ3v) is 2.11. The fourth-order valence-corrected chi connectivity index (χ4v) is 1.33. The smallest absolute Gasteiger partial charge is 0.232 e. The van der Waals surface area contributed by atoms with Crippen LogP contribution >= 0.6 is 0 Å². The van der Waals surface area contributed by atoms with Crippen molar-refractivity contribution in [1.29, 1.82) is 0 Å². The standard InChI is InChI=1S/C12H11N3O2/c1-2-17-12-7-13-6-11(15-12)9-3-4-10(8-16)14-5-9/h3-8H,2H2,1H3. The molecule has 0 aliphatic carbocycles. The summed E-state index contributed by atoms with van der Waals surface area (Å²) in [5.74, 6) is 0.476. The van der Waals surface area contributed by atoms with Crippen molar-refractivity contribution in [2.75, 3.05) is 6.61 Å². The van der Waals surface area contributed by atoms with Gasteiger partial charge in [0.05, 0.1) is 24.7 Å². The molecule has 86 valence electrons. The fourth-order valence-electron chi connectivity index (χ4n) is 1.33. The zero-order valence-electron chi connectivity index (χ0n) is 9.33. The predicted octanol–water partition coefficient (Wildman–Crippen LogP) is 1.75. The van der Waals surface area contributed by atoms with Crippen LogP contribution in [0.1, 0.15) is 17.4 Å². The number of hydrogen-bond donors (Lipinski definition) is 0. The Morgan fingerprint density at radius 2 is 2.18 bits per heavy atom. The van der Waals surface area contributed by atoms with Crippen molar-refractivity contribution >= 4 is 6.29 Å². The SMILES string of the molecule is CCOc1cncc(-c2ccc(C=O)nc2)n1. The molecule has 17 heavy (non-hydrogen) atoms. The Bertz CT molecular complexity index is 511. The van der Waals surface area contributed by atoms with Crippen LogP contribution in [0.3, 0.4) is 0 Å². The second kappa shape index (κ2) is 5.16. The van der Waals surface area contributed by atoms with Gasteiger partial charge in [-0.15, -0.1) is 0 Å². The molecule has 0 bridgehead atoms. The second-order valence-corrected chi connectivity index (χ2v) is 3.27. The predicted molar refractivity (Wildman–Crippen MR) is 61.8 cm³/mol. The average molecular weight is 229 g/mol. The topological polar surface area (TPSA) is 65.0 Å². The van der Waals surface area contributed by atoms with E-state index in [-0.39, 0.29) is 0 Å². The van der Waals surface area contributed by atoms with Crippen molar-refractivity contribution in [3.05, 3.63) is 36.4 Å². The van der Waals surface area contributed by atoms with E-state index in [1.807, 2.05) is 6.92 Å². The fraction of sp³-hybridized carbons (Fsp3) is 0.167. The van der Waals surface area contributed by atoms with Gasteiger partial charge < -0.3 is 4.74 Å². The summed E-state index contributed by atoms with van der Waals surface area (Å²) in [6.45, 7) is 2.43. The number of aromatic nitrogens is 3. The number of carbonyl (C=O) groups is 1. The molecule has 0 amide bonds. The van der Waals surface area contributed by atoms with Crippen LogP contribution in [0.15, 0.2) is 30.7 Å². The van der Waals surface area contributed by atoms with Gasteiger partial charge in [-0.3, -0.25) is 14.8 Å². The molecule has 0 N–H and O–H groups in total. The molecule has 0 aliphatic rings. The van der Waals surface area contributed by atoms with E-state index >= 15 is 0 Å². The highest BCUT2D eigenvalue weighted by atomic mass is 16.5. The van der Waals surface area contributed by atoms with Gasteiger partial charge in [0.1, 0.15) is 5.69 Å². The molecule has 0 atom stereocenters. The quantitative estimate of drug-likeness (QED) is 0.747. The molecule has 0 aromatic carbocycles. The first-order valence-electron chi connectivity index (χ1n) is 5.20. The molecule has 2 aromatic rings. The largest absolute Gasteiger partial charge is 0.477 e. The molecule has 5 nitrogen and oxygen atoms in total. The lowest BCUT2D eigenvalue weighted by atomic mass is 10.2. The Balaban J connectivity index is 2.31. The molecule has 2 heterocycles. The van der Waals surface area contributed by atoms with E-state index in [0.717, 1.165) is 5.56 Å². The molecule has 0 radical (unpaired) electrons. The number of aldehydes is 1. The van der Waals surface area contributed by atoms with Gasteiger partial charge in [0.15, 0.2) is 6.29 Å². The third-order valence-electron chi connectivity index (χ3n) is 2.11. The summed E-state index contributed by atoms with van der Waals surface area (Å²) in [5.41, 5.74) is 1.85. The summed E-state index contributed by atoms with van der Waals surface area (Å²) in [5, 5.41) is 0. The molecule has 0 fully saturated rings. The van der Waals surface area contributed by atoms with E-state index < -0.39 is 0 Å². The van der Waals surface area contributed by atoms with E-state index in [0.29, 0.717) is 30.2 Å². The summed E-state index contributed by atoms with van der Waals surface area (Å²) in [7, 11) is 0. The Hall–Kier alpha value is -2.30. The van der Waals surface area contributed by atoms with Crippen molar-refractivity contribution in [3.63, 3.8) is 0 Å². The first-order chi connectivity index (χ1) is 8.33. The highest BCUT2D eigenvalue weighted by molar-refractivity contribution is 5.72. The lowest BCUT2D eigenvalue weighted by molar-refractivity contribution is 0.111. The van der Waals surface area contributed by atoms with Crippen LogP contribution in [0, 0.1) is 0 Å². The van der Waals surface area contributed by atoms with E-state index in [1.54, 1.807) is 30.7 Å². The maximum Gasteiger partial charge on any atom is 0.232 e. The van der Waals surface area contributed by atoms with E-state index in [2.05, 4.69) is 15.0 Å². The van der Waals surface area contributed by atoms with Gasteiger partial charge in [-0.25, -0.2) is 4.98 Å². The van der Waals surface area contributed by atoms with Crippen LogP contribution < -0.4 is 4.74 Å². The molecule has 0 aliphatic heterocycles. The minimum Gasteiger partial charge on any atom is -0.477 e. The number of hydrogen-bond acceptors (Lipinski definition) is 5. The Labute approximate surface area is 98.5 Å². The molecule has 0 spiro atoms. The highest BCUT2D eigenvalue weighted by Gasteiger charge is 2.03. The van der Waals surface area contributed by atoms with Crippen molar-refractivity contribution in [1.82, 2.24) is 15.0 Å². The molecule has 2 aromatic heterocycles. The Morgan fingerprint density at radius 1 is 1.29 bits per heavy atom. The number of ether oxygens (including phenoxy) is 1. The van der Waals surface area contributed by atoms with E-state index in [9.17, 15) is 4.79 Å². The van der Waals surface area contributed by atoms with Crippen molar-refractivity contribution in [2.45, 2.75) is 6.92 Å². The number of carbonyl (C=O) groups excluding carboxylic acids is 1. The molecular weight excluding hydrogens is 218 g/mol. The summed E-state index contributed by atoms with van der Waals surface area (Å²) in [6.07, 6.45) is 5.47. The van der Waals surface area contributed by atoms with Gasteiger partial charge in [0.2, 0.25) is 5.88 Å². The molecule has 0 saturated heterocycles. The normalized spacial score (nSPS) is 9.94. The van der Waals surface area contributed by atoms with Crippen molar-refractivity contribution in [2.24, 2.45) is 0 Å². The Morgan fingerprint density at radius 3 is 2.82 bits per heavy atom. The summed E-state index contributed by atoms with van der Waals surface area (Å²) >= 11 is 0. The zero-order chi connectivity index (χ0) is 12.1. The van der Waals surface area contributed by atoms with Crippen molar-refractivity contribution < 1.29 is 9.53 Å². The van der Waals surface area contributed by atoms with Crippen LogP contribution in [-0.2, 0) is 0 Å². The third kappa shape index (κ3) is 2.63. The van der Waals surface area contributed by atoms with E-state index in [4.69, 9.17) is 4.74 Å². The lowest BCUT2D eigenvalue weighted by Gasteiger charge is -2.04. The van der Waals surface area contributed by atoms with Crippen LogP contribution in [0.25, 0.3) is 11.3 Å². The number of pyridine rings is 1. The minimum absolute atomic E-state index is 0.391. The average Bonchev–Trinajstić information content (AvgIpc) is 2.40. The van der Waals surface area contributed by atoms with Crippen LogP contribution in [0.5, 0.6) is 5.88 Å². The first kappa shape index (κ1) is 11.2. The van der Waals surface area contributed by atoms with Gasteiger partial charge in [0.25, 0.3) is 0 Å². The minimum atomic E-state index is 0.391. The van der Waals surface area contributed by atoms with Crippen LogP contribution in [0.2, 0.25) is 0 Å². The van der Waals surface area contributed by atoms with Gasteiger partial charge in [-0.05, 0) is 19.1 Å². The van der Waals surface area contributed by atoms with Gasteiger partial charge in [-0.2, -0.15) is 0 Å². The monoisotopic (exact) mass is 229 g/mol. The summed E-state index contributed by atoms with van der Waals surface area (Å²) in [6, 6.07) is 3.41. The summed E-state index contributed by atoms with van der Waals surface area (Å²) < 4.78 is 5.26. The molecule has 5 heteroatoms. The summed E-state index contributed by atoms with van der Waals surface area (Å²) in [4.78, 5) is 22.8. The number of rotatable bonds is 4. The number of nitrogens with zero attached hydrogens (tertiary/aromatic N) is 3. The Kier molecular flexibility index (Phi) is 3.40. The van der Waals surface area contributed by atoms with Crippen molar-refractivity contribution in [3.8, 4) is 17.1 Å². The van der Waals surface area contributed by atoms with Crippen LogP contribution in [-0.4, -0.2) is 27.8 Å². The molecule has 0 unspecified atom stereocenters.